The number of benzene rings is 1. The van der Waals surface area contributed by atoms with Crippen LogP contribution < -0.4 is 10.6 Å². The third kappa shape index (κ3) is 4.73. The highest BCUT2D eigenvalue weighted by Crippen LogP contribution is 2.30. The average Bonchev–Trinajstić information content (AvgIpc) is 2.65. The number of morpholine rings is 1. The van der Waals surface area contributed by atoms with Crippen LogP contribution in [0.4, 0.5) is 4.79 Å². The van der Waals surface area contributed by atoms with Gasteiger partial charge in [0.1, 0.15) is 0 Å². The molecule has 1 aliphatic heterocycles. The number of urea groups is 1. The first kappa shape index (κ1) is 18.2. The quantitative estimate of drug-likeness (QED) is 0.862. The molecule has 3 rings (SSSR count). The van der Waals surface area contributed by atoms with Crippen LogP contribution in [0.15, 0.2) is 24.3 Å². The van der Waals surface area contributed by atoms with Gasteiger partial charge in [0.15, 0.2) is 0 Å². The molecule has 2 amide bonds. The second-order valence-electron chi connectivity index (χ2n) is 7.76. The Kier molecular flexibility index (Phi) is 5.97. The van der Waals surface area contributed by atoms with Gasteiger partial charge in [-0.3, -0.25) is 4.90 Å². The molecule has 5 nitrogen and oxygen atoms in total. The maximum Gasteiger partial charge on any atom is 0.314 e. The van der Waals surface area contributed by atoms with Gasteiger partial charge in [-0.05, 0) is 44.2 Å². The van der Waals surface area contributed by atoms with Crippen LogP contribution in [-0.2, 0) is 11.2 Å². The van der Waals surface area contributed by atoms with E-state index in [1.54, 1.807) is 0 Å². The van der Waals surface area contributed by atoms with Crippen molar-refractivity contribution in [1.29, 1.82) is 0 Å². The van der Waals surface area contributed by atoms with Crippen LogP contribution in [0.25, 0.3) is 0 Å². The molecule has 25 heavy (non-hydrogen) atoms. The fraction of sp³-hybridized carbons (Fsp3) is 0.650. The zero-order chi connectivity index (χ0) is 17.7. The normalized spacial score (nSPS) is 21.4. The summed E-state index contributed by atoms with van der Waals surface area (Å²) in [6.45, 7) is 9.10. The predicted octanol–water partition coefficient (Wildman–Crippen LogP) is 2.52. The summed E-state index contributed by atoms with van der Waals surface area (Å²) in [5, 5.41) is 6.13. The van der Waals surface area contributed by atoms with Crippen LogP contribution in [0.2, 0.25) is 0 Å². The molecule has 1 fully saturated rings. The third-order valence-electron chi connectivity index (χ3n) is 5.55. The van der Waals surface area contributed by atoms with Crippen molar-refractivity contribution in [3.63, 3.8) is 0 Å². The molecule has 2 aliphatic rings. The molecule has 2 N–H and O–H groups in total. The Balaban J connectivity index is 1.46. The molecule has 1 atom stereocenters. The number of aryl methyl sites for hydroxylation is 1. The van der Waals surface area contributed by atoms with Crippen LogP contribution in [-0.4, -0.2) is 55.9 Å². The van der Waals surface area contributed by atoms with Gasteiger partial charge in [-0.2, -0.15) is 0 Å². The predicted molar refractivity (Wildman–Crippen MR) is 100.0 cm³/mol. The minimum absolute atomic E-state index is 0.0570. The van der Waals surface area contributed by atoms with E-state index in [1.807, 2.05) is 0 Å². The third-order valence-corrected chi connectivity index (χ3v) is 5.55. The van der Waals surface area contributed by atoms with Crippen molar-refractivity contribution in [2.45, 2.75) is 44.6 Å². The standard InChI is InChI=1S/C20H31N3O2/c1-20(2,23-10-12-25-13-11-23)15-22-19(24)21-14-17-8-5-7-16-6-3-4-9-18(16)17/h3-4,6,9,17H,5,7-8,10-15H2,1-2H3,(H2,21,22,24). The highest BCUT2D eigenvalue weighted by Gasteiger charge is 2.28. The van der Waals surface area contributed by atoms with E-state index < -0.39 is 0 Å². The van der Waals surface area contributed by atoms with E-state index in [4.69, 9.17) is 4.74 Å². The monoisotopic (exact) mass is 345 g/mol. The topological polar surface area (TPSA) is 53.6 Å². The maximum atomic E-state index is 12.3. The fourth-order valence-corrected chi connectivity index (χ4v) is 3.92. The van der Waals surface area contributed by atoms with Gasteiger partial charge in [0.2, 0.25) is 0 Å². The summed E-state index contributed by atoms with van der Waals surface area (Å²) in [6.07, 6.45) is 3.51. The second-order valence-corrected chi connectivity index (χ2v) is 7.76. The molecule has 1 aliphatic carbocycles. The van der Waals surface area contributed by atoms with E-state index in [2.05, 4.69) is 53.6 Å². The number of ether oxygens (including phenoxy) is 1. The van der Waals surface area contributed by atoms with E-state index in [9.17, 15) is 4.79 Å². The highest BCUT2D eigenvalue weighted by atomic mass is 16.5. The SMILES string of the molecule is CC(C)(CNC(=O)NCC1CCCc2ccccc21)N1CCOCC1. The van der Waals surface area contributed by atoms with Crippen molar-refractivity contribution in [2.75, 3.05) is 39.4 Å². The number of hydrogen-bond acceptors (Lipinski definition) is 3. The molecule has 0 radical (unpaired) electrons. The largest absolute Gasteiger partial charge is 0.379 e. The van der Waals surface area contributed by atoms with E-state index in [0.717, 1.165) is 39.1 Å². The Bertz CT molecular complexity index is 582. The van der Waals surface area contributed by atoms with E-state index in [0.29, 0.717) is 19.0 Å². The lowest BCUT2D eigenvalue weighted by Gasteiger charge is -2.40. The summed E-state index contributed by atoms with van der Waals surface area (Å²) in [7, 11) is 0. The Labute approximate surface area is 151 Å². The summed E-state index contributed by atoms with van der Waals surface area (Å²) < 4.78 is 5.41. The minimum Gasteiger partial charge on any atom is -0.379 e. The van der Waals surface area contributed by atoms with Crippen LogP contribution in [0, 0.1) is 0 Å². The molecular weight excluding hydrogens is 314 g/mol. The van der Waals surface area contributed by atoms with E-state index in [-0.39, 0.29) is 11.6 Å². The van der Waals surface area contributed by atoms with Crippen LogP contribution in [0.1, 0.15) is 43.7 Å². The lowest BCUT2D eigenvalue weighted by Crippen LogP contribution is -2.56. The van der Waals surface area contributed by atoms with Gasteiger partial charge in [-0.1, -0.05) is 24.3 Å². The smallest absolute Gasteiger partial charge is 0.314 e. The van der Waals surface area contributed by atoms with Gasteiger partial charge < -0.3 is 15.4 Å². The lowest BCUT2D eigenvalue weighted by atomic mass is 9.83. The van der Waals surface area contributed by atoms with Gasteiger partial charge >= 0.3 is 6.03 Å². The van der Waals surface area contributed by atoms with Gasteiger partial charge in [0, 0.05) is 37.6 Å². The van der Waals surface area contributed by atoms with Crippen molar-refractivity contribution < 1.29 is 9.53 Å². The molecule has 1 saturated heterocycles. The first-order valence-corrected chi connectivity index (χ1v) is 9.48. The van der Waals surface area contributed by atoms with Crippen molar-refractivity contribution in [3.05, 3.63) is 35.4 Å². The Morgan fingerprint density at radius 2 is 2.00 bits per heavy atom. The summed E-state index contributed by atoms with van der Waals surface area (Å²) in [6, 6.07) is 8.56. The van der Waals surface area contributed by atoms with Gasteiger partial charge in [0.25, 0.3) is 0 Å². The molecule has 1 heterocycles. The highest BCUT2D eigenvalue weighted by molar-refractivity contribution is 5.74. The Morgan fingerprint density at radius 1 is 1.24 bits per heavy atom. The number of amides is 2. The molecule has 0 bridgehead atoms. The summed E-state index contributed by atoms with van der Waals surface area (Å²) in [5.74, 6) is 0.433. The number of carbonyl (C=O) groups excluding carboxylic acids is 1. The number of hydrogen-bond donors (Lipinski definition) is 2. The molecule has 1 aromatic carbocycles. The summed E-state index contributed by atoms with van der Waals surface area (Å²) in [4.78, 5) is 14.6. The number of carbonyl (C=O) groups is 1. The van der Waals surface area contributed by atoms with Crippen LogP contribution in [0.5, 0.6) is 0 Å². The Hall–Kier alpha value is -1.59. The van der Waals surface area contributed by atoms with Gasteiger partial charge in [-0.25, -0.2) is 4.79 Å². The van der Waals surface area contributed by atoms with Crippen molar-refractivity contribution in [1.82, 2.24) is 15.5 Å². The lowest BCUT2D eigenvalue weighted by molar-refractivity contribution is -0.00874. The van der Waals surface area contributed by atoms with Crippen molar-refractivity contribution >= 4 is 6.03 Å². The Morgan fingerprint density at radius 3 is 2.80 bits per heavy atom. The van der Waals surface area contributed by atoms with E-state index >= 15 is 0 Å². The second kappa shape index (κ2) is 8.19. The maximum absolute atomic E-state index is 12.3. The molecule has 5 heteroatoms. The molecule has 138 valence electrons. The first-order valence-electron chi connectivity index (χ1n) is 9.48. The van der Waals surface area contributed by atoms with Crippen molar-refractivity contribution in [3.8, 4) is 0 Å². The zero-order valence-electron chi connectivity index (χ0n) is 15.5. The summed E-state index contributed by atoms with van der Waals surface area (Å²) in [5.41, 5.74) is 2.79. The van der Waals surface area contributed by atoms with Crippen molar-refractivity contribution in [2.24, 2.45) is 0 Å². The van der Waals surface area contributed by atoms with Gasteiger partial charge in [-0.15, -0.1) is 0 Å². The molecule has 0 aromatic heterocycles. The minimum atomic E-state index is -0.0654. The number of rotatable bonds is 5. The fourth-order valence-electron chi connectivity index (χ4n) is 3.92. The first-order chi connectivity index (χ1) is 12.1. The van der Waals surface area contributed by atoms with E-state index in [1.165, 1.54) is 17.5 Å². The molecule has 0 spiro atoms. The average molecular weight is 345 g/mol. The van der Waals surface area contributed by atoms with Crippen LogP contribution >= 0.6 is 0 Å². The molecule has 0 saturated carbocycles. The molecule has 1 aromatic rings. The number of nitrogens with one attached hydrogen (secondary N) is 2. The van der Waals surface area contributed by atoms with Gasteiger partial charge in [0.05, 0.1) is 13.2 Å². The van der Waals surface area contributed by atoms with Crippen LogP contribution in [0.3, 0.4) is 0 Å². The zero-order valence-corrected chi connectivity index (χ0v) is 15.5. The molecule has 1 unspecified atom stereocenters. The summed E-state index contributed by atoms with van der Waals surface area (Å²) >= 11 is 0. The number of nitrogens with zero attached hydrogens (tertiary/aromatic N) is 1. The molecular formula is C20H31N3O2. The number of fused-ring (bicyclic) bond motifs is 1.